The van der Waals surface area contributed by atoms with Crippen molar-refractivity contribution in [2.24, 2.45) is 5.92 Å². The molecular formula is C19H26N2O6S2. The Balaban J connectivity index is 1.56. The SMILES string of the molecule is O=C(C1CCS(=O)(=O)C12CCN(S(=O)(=O)c1ccccc1)CC2)N1CCOCC1. The molecule has 4 rings (SSSR count). The van der Waals surface area contributed by atoms with Crippen LogP contribution in [0.4, 0.5) is 0 Å². The van der Waals surface area contributed by atoms with E-state index in [9.17, 15) is 21.6 Å². The van der Waals surface area contributed by atoms with Crippen LogP contribution in [0.15, 0.2) is 35.2 Å². The van der Waals surface area contributed by atoms with Crippen LogP contribution in [-0.2, 0) is 29.4 Å². The first-order valence-corrected chi connectivity index (χ1v) is 13.0. The highest BCUT2D eigenvalue weighted by atomic mass is 32.2. The number of amides is 1. The third kappa shape index (κ3) is 3.49. The minimum Gasteiger partial charge on any atom is -0.378 e. The van der Waals surface area contributed by atoms with Crippen LogP contribution in [0.2, 0.25) is 0 Å². The summed E-state index contributed by atoms with van der Waals surface area (Å²) in [5, 5.41) is 0. The van der Waals surface area contributed by atoms with Crippen LogP contribution < -0.4 is 0 Å². The van der Waals surface area contributed by atoms with Gasteiger partial charge < -0.3 is 9.64 Å². The van der Waals surface area contributed by atoms with Crippen molar-refractivity contribution in [3.63, 3.8) is 0 Å². The van der Waals surface area contributed by atoms with Crippen LogP contribution >= 0.6 is 0 Å². The van der Waals surface area contributed by atoms with Crippen molar-refractivity contribution in [3.05, 3.63) is 30.3 Å². The highest BCUT2D eigenvalue weighted by Crippen LogP contribution is 2.46. The van der Waals surface area contributed by atoms with Crippen LogP contribution in [0, 0.1) is 5.92 Å². The van der Waals surface area contributed by atoms with Gasteiger partial charge in [-0.15, -0.1) is 0 Å². The Kier molecular flexibility index (Phi) is 5.47. The molecule has 29 heavy (non-hydrogen) atoms. The fourth-order valence-electron chi connectivity index (χ4n) is 4.81. The largest absolute Gasteiger partial charge is 0.378 e. The molecule has 1 spiro atoms. The maximum Gasteiger partial charge on any atom is 0.243 e. The van der Waals surface area contributed by atoms with Crippen molar-refractivity contribution in [1.29, 1.82) is 0 Å². The molecule has 10 heteroatoms. The molecule has 160 valence electrons. The standard InChI is InChI=1S/C19H26N2O6S2/c22-18(20-11-13-27-14-12-20)17-6-15-28(23,24)19(17)7-9-21(10-8-19)29(25,26)16-4-2-1-3-5-16/h1-5,17H,6-15H2. The topological polar surface area (TPSA) is 101 Å². The van der Waals surface area contributed by atoms with Crippen molar-refractivity contribution < 1.29 is 26.4 Å². The number of sulfonamides is 1. The second kappa shape index (κ2) is 7.64. The number of rotatable bonds is 3. The summed E-state index contributed by atoms with van der Waals surface area (Å²) in [5.41, 5.74) is 0. The molecule has 3 aliphatic rings. The van der Waals surface area contributed by atoms with Crippen LogP contribution in [0.25, 0.3) is 0 Å². The molecule has 1 aromatic rings. The van der Waals surface area contributed by atoms with Crippen molar-refractivity contribution in [2.45, 2.75) is 28.9 Å². The van der Waals surface area contributed by atoms with Gasteiger partial charge in [0.05, 0.1) is 34.5 Å². The second-order valence-electron chi connectivity index (χ2n) is 7.88. The molecule has 0 N–H and O–H groups in total. The Morgan fingerprint density at radius 3 is 2.28 bits per heavy atom. The first kappa shape index (κ1) is 20.8. The van der Waals surface area contributed by atoms with Crippen LogP contribution in [0.1, 0.15) is 19.3 Å². The molecule has 0 bridgehead atoms. The molecule has 3 fully saturated rings. The van der Waals surface area contributed by atoms with Gasteiger partial charge >= 0.3 is 0 Å². The Hall–Kier alpha value is -1.49. The summed E-state index contributed by atoms with van der Waals surface area (Å²) in [5.74, 6) is -0.750. The number of ether oxygens (including phenoxy) is 1. The second-order valence-corrected chi connectivity index (χ2v) is 12.3. The van der Waals surface area contributed by atoms with E-state index in [0.29, 0.717) is 32.7 Å². The normalized spacial score (nSPS) is 27.2. The van der Waals surface area contributed by atoms with E-state index in [2.05, 4.69) is 0 Å². The van der Waals surface area contributed by atoms with Crippen LogP contribution in [-0.4, -0.2) is 81.8 Å². The highest BCUT2D eigenvalue weighted by Gasteiger charge is 2.59. The van der Waals surface area contributed by atoms with Gasteiger partial charge in [-0.25, -0.2) is 16.8 Å². The molecule has 1 atom stereocenters. The minimum atomic E-state index is -3.68. The van der Waals surface area contributed by atoms with Crippen LogP contribution in [0.3, 0.4) is 0 Å². The number of sulfone groups is 1. The monoisotopic (exact) mass is 442 g/mol. The van der Waals surface area contributed by atoms with E-state index >= 15 is 0 Å². The Morgan fingerprint density at radius 1 is 1.03 bits per heavy atom. The number of carbonyl (C=O) groups excluding carboxylic acids is 1. The van der Waals surface area contributed by atoms with E-state index in [4.69, 9.17) is 4.74 Å². The number of carbonyl (C=O) groups is 1. The van der Waals surface area contributed by atoms with E-state index in [1.165, 1.54) is 16.4 Å². The maximum atomic E-state index is 13.1. The number of piperidine rings is 1. The van der Waals surface area contributed by atoms with Gasteiger partial charge in [-0.1, -0.05) is 18.2 Å². The summed E-state index contributed by atoms with van der Waals surface area (Å²) >= 11 is 0. The summed E-state index contributed by atoms with van der Waals surface area (Å²) in [4.78, 5) is 15.0. The molecular weight excluding hydrogens is 416 g/mol. The predicted molar refractivity (Wildman–Crippen MR) is 106 cm³/mol. The first-order valence-electron chi connectivity index (χ1n) is 9.92. The molecule has 3 heterocycles. The fourth-order valence-corrected chi connectivity index (χ4v) is 8.69. The third-order valence-electron chi connectivity index (χ3n) is 6.50. The van der Waals surface area contributed by atoms with E-state index in [0.717, 1.165) is 0 Å². The molecule has 1 unspecified atom stereocenters. The lowest BCUT2D eigenvalue weighted by atomic mass is 9.81. The molecule has 8 nitrogen and oxygen atoms in total. The zero-order valence-electron chi connectivity index (χ0n) is 16.2. The minimum absolute atomic E-state index is 0.0147. The molecule has 1 amide bonds. The average molecular weight is 443 g/mol. The number of benzene rings is 1. The Morgan fingerprint density at radius 2 is 1.66 bits per heavy atom. The predicted octanol–water partition coefficient (Wildman–Crippen LogP) is 0.503. The average Bonchev–Trinajstić information content (AvgIpc) is 2.99. The van der Waals surface area contributed by atoms with E-state index in [1.807, 2.05) is 0 Å². The zero-order valence-corrected chi connectivity index (χ0v) is 17.8. The van der Waals surface area contributed by atoms with Gasteiger partial charge in [0.2, 0.25) is 15.9 Å². The lowest BCUT2D eigenvalue weighted by Crippen LogP contribution is -2.56. The van der Waals surface area contributed by atoms with Gasteiger partial charge in [-0.05, 0) is 31.4 Å². The van der Waals surface area contributed by atoms with Gasteiger partial charge in [0.25, 0.3) is 0 Å². The van der Waals surface area contributed by atoms with Crippen molar-refractivity contribution in [2.75, 3.05) is 45.1 Å². The zero-order chi connectivity index (χ0) is 20.7. The number of nitrogens with zero attached hydrogens (tertiary/aromatic N) is 2. The lowest BCUT2D eigenvalue weighted by Gasteiger charge is -2.42. The van der Waals surface area contributed by atoms with Crippen LogP contribution in [0.5, 0.6) is 0 Å². The van der Waals surface area contributed by atoms with Gasteiger partial charge in [0.15, 0.2) is 9.84 Å². The van der Waals surface area contributed by atoms with Gasteiger partial charge in [-0.3, -0.25) is 4.79 Å². The van der Waals surface area contributed by atoms with Crippen molar-refractivity contribution in [1.82, 2.24) is 9.21 Å². The number of morpholine rings is 1. The highest BCUT2D eigenvalue weighted by molar-refractivity contribution is 7.93. The number of hydrogen-bond donors (Lipinski definition) is 0. The van der Waals surface area contributed by atoms with E-state index in [-0.39, 0.29) is 42.5 Å². The molecule has 3 saturated heterocycles. The molecule has 3 aliphatic heterocycles. The molecule has 0 aliphatic carbocycles. The molecule has 0 aromatic heterocycles. The van der Waals surface area contributed by atoms with E-state index < -0.39 is 30.5 Å². The van der Waals surface area contributed by atoms with E-state index in [1.54, 1.807) is 23.1 Å². The Labute approximate surface area is 171 Å². The summed E-state index contributed by atoms with van der Waals surface area (Å²) in [7, 11) is -7.15. The summed E-state index contributed by atoms with van der Waals surface area (Å²) < 4.78 is 57.3. The number of hydrogen-bond acceptors (Lipinski definition) is 6. The van der Waals surface area contributed by atoms with Gasteiger partial charge in [0, 0.05) is 26.2 Å². The van der Waals surface area contributed by atoms with Gasteiger partial charge in [0.1, 0.15) is 0 Å². The quantitative estimate of drug-likeness (QED) is 0.676. The molecule has 0 radical (unpaired) electrons. The van der Waals surface area contributed by atoms with Crippen molar-refractivity contribution >= 4 is 25.8 Å². The smallest absolute Gasteiger partial charge is 0.243 e. The third-order valence-corrected chi connectivity index (χ3v) is 11.1. The summed E-state index contributed by atoms with van der Waals surface area (Å²) in [6, 6.07) is 8.15. The summed E-state index contributed by atoms with van der Waals surface area (Å²) in [6.07, 6.45) is 0.619. The first-order chi connectivity index (χ1) is 13.8. The lowest BCUT2D eigenvalue weighted by molar-refractivity contribution is -0.141. The molecule has 0 saturated carbocycles. The summed E-state index contributed by atoms with van der Waals surface area (Å²) in [6.45, 7) is 2.06. The fraction of sp³-hybridized carbons (Fsp3) is 0.632. The molecule has 1 aromatic carbocycles. The van der Waals surface area contributed by atoms with Crippen molar-refractivity contribution in [3.8, 4) is 0 Å². The Bertz CT molecular complexity index is 963. The van der Waals surface area contributed by atoms with Gasteiger partial charge in [-0.2, -0.15) is 4.31 Å². The maximum absolute atomic E-state index is 13.1.